The molecule has 0 radical (unpaired) electrons. The summed E-state index contributed by atoms with van der Waals surface area (Å²) >= 11 is 0. The van der Waals surface area contributed by atoms with E-state index in [0.29, 0.717) is 11.1 Å². The molecule has 0 aliphatic heterocycles. The summed E-state index contributed by atoms with van der Waals surface area (Å²) in [6.07, 6.45) is 0. The molecule has 0 aliphatic carbocycles. The minimum absolute atomic E-state index is 0.155. The molecule has 208 valence electrons. The second-order valence-corrected chi connectivity index (χ2v) is 16.5. The maximum Gasteiger partial charge on any atom is 0.596 e. The van der Waals surface area contributed by atoms with Crippen LogP contribution in [-0.4, -0.2) is 9.79 Å². The predicted molar refractivity (Wildman–Crippen MR) is 150 cm³/mol. The zero-order valence-corrected chi connectivity index (χ0v) is 26.1. The van der Waals surface area contributed by atoms with E-state index in [-0.39, 0.29) is 22.3 Å². The molecule has 0 amide bonds. The lowest BCUT2D eigenvalue weighted by atomic mass is 9.80. The lowest BCUT2D eigenvalue weighted by Gasteiger charge is -2.30. The lowest BCUT2D eigenvalue weighted by Crippen LogP contribution is -2.19. The van der Waals surface area contributed by atoms with Crippen molar-refractivity contribution in [1.29, 1.82) is 0 Å². The average molecular weight is 555 g/mol. The van der Waals surface area contributed by atoms with Crippen LogP contribution in [0.15, 0.2) is 36.4 Å². The molecule has 2 aromatic carbocycles. The number of hydrogen-bond donors (Lipinski definition) is 2. The summed E-state index contributed by atoms with van der Waals surface area (Å²) in [6.45, 7) is 24.3. The van der Waals surface area contributed by atoms with Crippen molar-refractivity contribution in [2.75, 3.05) is 0 Å². The summed E-state index contributed by atoms with van der Waals surface area (Å²) < 4.78 is 42.2. The standard InChI is InChI=1S/C28H44O7P2/c1-25(2,3)19-13-15-23(21(17-19)27(7,8)9)33-37(32,35-36(29,30)31)34-24-16-14-20(26(4,5)6)18-22(24)28(10,11)12/h13-18H,1-12H3,(H2,29,30,31). The van der Waals surface area contributed by atoms with Crippen molar-refractivity contribution < 1.29 is 32.3 Å². The van der Waals surface area contributed by atoms with Gasteiger partial charge in [0.25, 0.3) is 0 Å². The first-order chi connectivity index (χ1) is 16.3. The molecule has 0 fully saturated rings. The van der Waals surface area contributed by atoms with Gasteiger partial charge in [0.2, 0.25) is 0 Å². The number of phosphoric acid groups is 2. The fourth-order valence-electron chi connectivity index (χ4n) is 3.75. The van der Waals surface area contributed by atoms with Crippen molar-refractivity contribution in [3.63, 3.8) is 0 Å². The Balaban J connectivity index is 2.69. The van der Waals surface area contributed by atoms with Crippen molar-refractivity contribution in [1.82, 2.24) is 0 Å². The molecule has 0 unspecified atom stereocenters. The Kier molecular flexibility index (Phi) is 8.68. The Hall–Kier alpha value is -1.62. The van der Waals surface area contributed by atoms with Crippen molar-refractivity contribution in [3.05, 3.63) is 58.7 Å². The van der Waals surface area contributed by atoms with E-state index in [9.17, 15) is 18.9 Å². The number of benzene rings is 2. The van der Waals surface area contributed by atoms with Crippen LogP contribution in [0.4, 0.5) is 0 Å². The number of rotatable bonds is 6. The highest BCUT2D eigenvalue weighted by Gasteiger charge is 2.42. The molecule has 0 heterocycles. The summed E-state index contributed by atoms with van der Waals surface area (Å²) in [5.41, 5.74) is 2.29. The highest BCUT2D eigenvalue weighted by molar-refractivity contribution is 7.61. The quantitative estimate of drug-likeness (QED) is 0.345. The molecule has 2 aromatic rings. The van der Waals surface area contributed by atoms with Crippen LogP contribution in [0.25, 0.3) is 0 Å². The van der Waals surface area contributed by atoms with Gasteiger partial charge in [-0.05, 0) is 44.9 Å². The van der Waals surface area contributed by atoms with Crippen LogP contribution in [0.2, 0.25) is 0 Å². The SMILES string of the molecule is CC(C)(C)c1ccc(OP(=O)(Oc2ccc(C(C)(C)C)cc2C(C)(C)C)OP(=O)(O)O)c(C(C)(C)C)c1. The Morgan fingerprint density at radius 1 is 0.568 bits per heavy atom. The topological polar surface area (TPSA) is 102 Å². The van der Waals surface area contributed by atoms with Crippen LogP contribution < -0.4 is 9.05 Å². The smallest absolute Gasteiger partial charge is 0.394 e. The molecule has 0 saturated heterocycles. The van der Waals surface area contributed by atoms with Crippen LogP contribution >= 0.6 is 15.6 Å². The number of phosphoric ester groups is 1. The molecule has 0 bridgehead atoms. The fourth-order valence-corrected chi connectivity index (χ4v) is 5.89. The minimum Gasteiger partial charge on any atom is -0.394 e. The highest BCUT2D eigenvalue weighted by Crippen LogP contribution is 2.62. The summed E-state index contributed by atoms with van der Waals surface area (Å²) in [5.74, 6) is 0.335. The van der Waals surface area contributed by atoms with E-state index >= 15 is 0 Å². The fraction of sp³-hybridized carbons (Fsp3) is 0.571. The van der Waals surface area contributed by atoms with Gasteiger partial charge in [-0.1, -0.05) is 107 Å². The van der Waals surface area contributed by atoms with E-state index in [1.54, 1.807) is 12.1 Å². The molecule has 9 heteroatoms. The molecule has 0 aliphatic rings. The van der Waals surface area contributed by atoms with Gasteiger partial charge in [0.05, 0.1) is 0 Å². The zero-order chi connectivity index (χ0) is 28.8. The van der Waals surface area contributed by atoms with Gasteiger partial charge in [0.1, 0.15) is 11.5 Å². The minimum atomic E-state index is -5.26. The van der Waals surface area contributed by atoms with E-state index in [2.05, 4.69) is 41.5 Å². The monoisotopic (exact) mass is 554 g/mol. The van der Waals surface area contributed by atoms with Crippen molar-refractivity contribution >= 4 is 15.6 Å². The maximum absolute atomic E-state index is 13.9. The third-order valence-corrected chi connectivity index (χ3v) is 8.43. The molecular formula is C28H44O7P2. The molecule has 0 saturated carbocycles. The Labute approximate surface area is 222 Å². The molecule has 2 rings (SSSR count). The molecule has 0 spiro atoms. The Morgan fingerprint density at radius 2 is 0.892 bits per heavy atom. The first-order valence-electron chi connectivity index (χ1n) is 12.4. The number of hydrogen-bond acceptors (Lipinski definition) is 5. The van der Waals surface area contributed by atoms with Crippen LogP contribution in [-0.2, 0) is 35.1 Å². The van der Waals surface area contributed by atoms with Crippen LogP contribution in [0.5, 0.6) is 11.5 Å². The molecule has 2 N–H and O–H groups in total. The van der Waals surface area contributed by atoms with Crippen LogP contribution in [0.1, 0.15) is 105 Å². The lowest BCUT2D eigenvalue weighted by molar-refractivity contribution is 0.232. The van der Waals surface area contributed by atoms with E-state index < -0.39 is 26.5 Å². The van der Waals surface area contributed by atoms with Crippen LogP contribution in [0.3, 0.4) is 0 Å². The Bertz CT molecular complexity index is 1140. The van der Waals surface area contributed by atoms with Gasteiger partial charge in [-0.2, -0.15) is 4.31 Å². The highest BCUT2D eigenvalue weighted by atomic mass is 31.3. The van der Waals surface area contributed by atoms with Gasteiger partial charge in [0, 0.05) is 11.1 Å². The van der Waals surface area contributed by atoms with Gasteiger partial charge in [0.15, 0.2) is 0 Å². The average Bonchev–Trinajstić information content (AvgIpc) is 2.63. The first-order valence-corrected chi connectivity index (χ1v) is 15.4. The van der Waals surface area contributed by atoms with Crippen LogP contribution in [0, 0.1) is 0 Å². The third kappa shape index (κ3) is 8.70. The van der Waals surface area contributed by atoms with Gasteiger partial charge in [-0.25, -0.2) is 9.13 Å². The second-order valence-electron chi connectivity index (χ2n) is 13.6. The van der Waals surface area contributed by atoms with Crippen molar-refractivity contribution in [2.24, 2.45) is 0 Å². The molecule has 0 atom stereocenters. The van der Waals surface area contributed by atoms with E-state index in [0.717, 1.165) is 11.1 Å². The second kappa shape index (κ2) is 10.2. The summed E-state index contributed by atoms with van der Waals surface area (Å²) in [4.78, 5) is 19.3. The van der Waals surface area contributed by atoms with E-state index in [1.807, 2.05) is 65.8 Å². The molecule has 7 nitrogen and oxygen atoms in total. The van der Waals surface area contributed by atoms with E-state index in [4.69, 9.17) is 13.4 Å². The normalized spacial score (nSPS) is 14.0. The van der Waals surface area contributed by atoms with E-state index in [1.165, 1.54) is 0 Å². The molecular weight excluding hydrogens is 510 g/mol. The zero-order valence-electron chi connectivity index (χ0n) is 24.3. The molecule has 37 heavy (non-hydrogen) atoms. The van der Waals surface area contributed by atoms with Gasteiger partial charge >= 0.3 is 15.6 Å². The predicted octanol–water partition coefficient (Wildman–Crippen LogP) is 8.55. The largest absolute Gasteiger partial charge is 0.596 e. The van der Waals surface area contributed by atoms with Gasteiger partial charge < -0.3 is 18.8 Å². The summed E-state index contributed by atoms with van der Waals surface area (Å²) in [6, 6.07) is 10.9. The van der Waals surface area contributed by atoms with Crippen molar-refractivity contribution in [3.8, 4) is 11.5 Å². The maximum atomic E-state index is 13.9. The van der Waals surface area contributed by atoms with Crippen molar-refractivity contribution in [2.45, 2.75) is 105 Å². The third-order valence-electron chi connectivity index (χ3n) is 5.93. The van der Waals surface area contributed by atoms with Gasteiger partial charge in [-0.15, -0.1) is 0 Å². The van der Waals surface area contributed by atoms with Gasteiger partial charge in [-0.3, -0.25) is 0 Å². The summed E-state index contributed by atoms with van der Waals surface area (Å²) in [5, 5.41) is 0. The summed E-state index contributed by atoms with van der Waals surface area (Å²) in [7, 11) is -10.1. The molecule has 0 aromatic heterocycles. The first kappa shape index (κ1) is 31.6. The Morgan fingerprint density at radius 3 is 1.14 bits per heavy atom.